The van der Waals surface area contributed by atoms with E-state index in [2.05, 4.69) is 6.07 Å². The highest BCUT2D eigenvalue weighted by atomic mass is 35.5. The van der Waals surface area contributed by atoms with Crippen molar-refractivity contribution in [1.82, 2.24) is 0 Å². The molecule has 1 N–H and O–H groups in total. The maximum absolute atomic E-state index is 10.6. The third-order valence-corrected chi connectivity index (χ3v) is 3.56. The standard InChI is InChI=1S/C13H15ClO2/c14-12-3-1-2-10(8-12)11-5-4-9(6-11)7-13(15)16/h1-3,8-9,11H,4-7H2,(H,15,16). The first-order chi connectivity index (χ1) is 7.65. The highest BCUT2D eigenvalue weighted by Gasteiger charge is 2.27. The van der Waals surface area contributed by atoms with Gasteiger partial charge in [0, 0.05) is 11.4 Å². The quantitative estimate of drug-likeness (QED) is 0.872. The van der Waals surface area contributed by atoms with Crippen molar-refractivity contribution < 1.29 is 9.90 Å². The first-order valence-electron chi connectivity index (χ1n) is 5.62. The highest BCUT2D eigenvalue weighted by molar-refractivity contribution is 6.30. The Morgan fingerprint density at radius 3 is 2.94 bits per heavy atom. The molecule has 0 spiro atoms. The molecule has 16 heavy (non-hydrogen) atoms. The Balaban J connectivity index is 2.00. The van der Waals surface area contributed by atoms with Crippen LogP contribution in [-0.4, -0.2) is 11.1 Å². The molecule has 0 aromatic heterocycles. The smallest absolute Gasteiger partial charge is 0.303 e. The largest absolute Gasteiger partial charge is 0.481 e. The summed E-state index contributed by atoms with van der Waals surface area (Å²) in [5, 5.41) is 9.52. The van der Waals surface area contributed by atoms with Crippen LogP contribution in [0.3, 0.4) is 0 Å². The molecule has 0 saturated heterocycles. The molecule has 1 fully saturated rings. The number of benzene rings is 1. The van der Waals surface area contributed by atoms with Gasteiger partial charge in [0.25, 0.3) is 0 Å². The normalized spacial score (nSPS) is 24.6. The molecular weight excluding hydrogens is 224 g/mol. The van der Waals surface area contributed by atoms with Crippen molar-refractivity contribution in [3.05, 3.63) is 34.9 Å². The van der Waals surface area contributed by atoms with Crippen LogP contribution in [-0.2, 0) is 4.79 Å². The summed E-state index contributed by atoms with van der Waals surface area (Å²) in [5.74, 6) is 0.140. The zero-order valence-corrected chi connectivity index (χ0v) is 9.78. The van der Waals surface area contributed by atoms with E-state index in [0.717, 1.165) is 24.3 Å². The number of hydrogen-bond donors (Lipinski definition) is 1. The summed E-state index contributed by atoms with van der Waals surface area (Å²) >= 11 is 5.95. The number of aliphatic carboxylic acids is 1. The molecule has 1 aromatic carbocycles. The van der Waals surface area contributed by atoms with Crippen molar-refractivity contribution in [3.8, 4) is 0 Å². The average molecular weight is 239 g/mol. The second kappa shape index (κ2) is 4.88. The van der Waals surface area contributed by atoms with Gasteiger partial charge in [0.05, 0.1) is 0 Å². The Hall–Kier alpha value is -1.02. The van der Waals surface area contributed by atoms with Crippen LogP contribution in [0.15, 0.2) is 24.3 Å². The fraction of sp³-hybridized carbons (Fsp3) is 0.462. The highest BCUT2D eigenvalue weighted by Crippen LogP contribution is 2.40. The van der Waals surface area contributed by atoms with E-state index in [4.69, 9.17) is 16.7 Å². The lowest BCUT2D eigenvalue weighted by molar-refractivity contribution is -0.138. The Labute approximate surface area is 100 Å². The maximum atomic E-state index is 10.6. The lowest BCUT2D eigenvalue weighted by atomic mass is 9.95. The van der Waals surface area contributed by atoms with Gasteiger partial charge in [-0.3, -0.25) is 4.79 Å². The minimum atomic E-state index is -0.684. The number of carboxylic acids is 1. The Kier molecular flexibility index (Phi) is 3.49. The molecule has 2 nitrogen and oxygen atoms in total. The molecule has 2 atom stereocenters. The van der Waals surface area contributed by atoms with E-state index in [1.54, 1.807) is 0 Å². The van der Waals surface area contributed by atoms with Crippen molar-refractivity contribution in [1.29, 1.82) is 0 Å². The molecule has 2 rings (SSSR count). The van der Waals surface area contributed by atoms with Gasteiger partial charge in [-0.25, -0.2) is 0 Å². The van der Waals surface area contributed by atoms with Crippen LogP contribution in [0.4, 0.5) is 0 Å². The second-order valence-corrected chi connectivity index (χ2v) is 4.97. The fourth-order valence-corrected chi connectivity index (χ4v) is 2.77. The van der Waals surface area contributed by atoms with Gasteiger partial charge >= 0.3 is 5.97 Å². The summed E-state index contributed by atoms with van der Waals surface area (Å²) in [6, 6.07) is 7.91. The van der Waals surface area contributed by atoms with E-state index in [9.17, 15) is 4.79 Å². The summed E-state index contributed by atoms with van der Waals surface area (Å²) in [5.41, 5.74) is 1.25. The van der Waals surface area contributed by atoms with Gasteiger partial charge in [0.15, 0.2) is 0 Å². The molecule has 2 unspecified atom stereocenters. The molecule has 3 heteroatoms. The predicted octanol–water partition coefficient (Wildman–Crippen LogP) is 3.70. The van der Waals surface area contributed by atoms with E-state index in [0.29, 0.717) is 18.3 Å². The number of rotatable bonds is 3. The van der Waals surface area contributed by atoms with Gasteiger partial charge in [-0.15, -0.1) is 0 Å². The van der Waals surface area contributed by atoms with Crippen molar-refractivity contribution in [3.63, 3.8) is 0 Å². The minimum absolute atomic E-state index is 0.303. The number of hydrogen-bond acceptors (Lipinski definition) is 1. The van der Waals surface area contributed by atoms with Gasteiger partial charge in [-0.05, 0) is 48.8 Å². The SMILES string of the molecule is O=C(O)CC1CCC(c2cccc(Cl)c2)C1. The Morgan fingerprint density at radius 2 is 2.25 bits per heavy atom. The van der Waals surface area contributed by atoms with E-state index < -0.39 is 5.97 Å². The molecule has 0 radical (unpaired) electrons. The summed E-state index contributed by atoms with van der Waals surface area (Å²) in [7, 11) is 0. The van der Waals surface area contributed by atoms with E-state index >= 15 is 0 Å². The summed E-state index contributed by atoms with van der Waals surface area (Å²) in [6.07, 6.45) is 3.38. The summed E-state index contributed by atoms with van der Waals surface area (Å²) in [4.78, 5) is 10.6. The molecule has 1 aliphatic rings. The maximum Gasteiger partial charge on any atom is 0.303 e. The number of carboxylic acid groups (broad SMARTS) is 1. The molecular formula is C13H15ClO2. The van der Waals surface area contributed by atoms with Gasteiger partial charge < -0.3 is 5.11 Å². The van der Waals surface area contributed by atoms with E-state index in [1.165, 1.54) is 5.56 Å². The molecule has 1 aliphatic carbocycles. The Bertz CT molecular complexity index is 389. The minimum Gasteiger partial charge on any atom is -0.481 e. The molecule has 0 heterocycles. The van der Waals surface area contributed by atoms with Gasteiger partial charge in [0.2, 0.25) is 0 Å². The van der Waals surface area contributed by atoms with Crippen LogP contribution in [0.2, 0.25) is 5.02 Å². The number of halogens is 1. The van der Waals surface area contributed by atoms with E-state index in [-0.39, 0.29) is 0 Å². The third kappa shape index (κ3) is 2.76. The van der Waals surface area contributed by atoms with Gasteiger partial charge in [-0.2, -0.15) is 0 Å². The number of carbonyl (C=O) groups is 1. The Morgan fingerprint density at radius 1 is 1.44 bits per heavy atom. The predicted molar refractivity (Wildman–Crippen MR) is 63.8 cm³/mol. The van der Waals surface area contributed by atoms with Crippen LogP contribution in [0.25, 0.3) is 0 Å². The van der Waals surface area contributed by atoms with Crippen LogP contribution in [0.1, 0.15) is 37.2 Å². The molecule has 86 valence electrons. The van der Waals surface area contributed by atoms with Crippen molar-refractivity contribution in [2.24, 2.45) is 5.92 Å². The average Bonchev–Trinajstić information content (AvgIpc) is 2.65. The zero-order valence-electron chi connectivity index (χ0n) is 9.03. The fourth-order valence-electron chi connectivity index (χ4n) is 2.57. The van der Waals surface area contributed by atoms with Gasteiger partial charge in [0.1, 0.15) is 0 Å². The van der Waals surface area contributed by atoms with Crippen molar-refractivity contribution in [2.75, 3.05) is 0 Å². The molecule has 1 aromatic rings. The molecule has 1 saturated carbocycles. The first-order valence-corrected chi connectivity index (χ1v) is 6.00. The van der Waals surface area contributed by atoms with Crippen LogP contribution in [0.5, 0.6) is 0 Å². The second-order valence-electron chi connectivity index (χ2n) is 4.53. The topological polar surface area (TPSA) is 37.3 Å². The lowest BCUT2D eigenvalue weighted by Crippen LogP contribution is -2.04. The monoisotopic (exact) mass is 238 g/mol. The van der Waals surface area contributed by atoms with Gasteiger partial charge in [-0.1, -0.05) is 23.7 Å². The van der Waals surface area contributed by atoms with Crippen LogP contribution in [0, 0.1) is 5.92 Å². The van der Waals surface area contributed by atoms with Crippen LogP contribution >= 0.6 is 11.6 Å². The molecule has 0 amide bonds. The first kappa shape index (κ1) is 11.5. The van der Waals surface area contributed by atoms with Crippen LogP contribution < -0.4 is 0 Å². The lowest BCUT2D eigenvalue weighted by Gasteiger charge is -2.10. The molecule has 0 bridgehead atoms. The van der Waals surface area contributed by atoms with Crippen molar-refractivity contribution >= 4 is 17.6 Å². The third-order valence-electron chi connectivity index (χ3n) is 3.32. The summed E-state index contributed by atoms with van der Waals surface area (Å²) in [6.45, 7) is 0. The summed E-state index contributed by atoms with van der Waals surface area (Å²) < 4.78 is 0. The zero-order chi connectivity index (χ0) is 11.5. The van der Waals surface area contributed by atoms with Crippen molar-refractivity contribution in [2.45, 2.75) is 31.6 Å². The molecule has 0 aliphatic heterocycles. The van der Waals surface area contributed by atoms with E-state index in [1.807, 2.05) is 18.2 Å².